The van der Waals surface area contributed by atoms with Crippen molar-refractivity contribution in [3.63, 3.8) is 0 Å². The normalized spacial score (nSPS) is 20.5. The molecule has 0 amide bonds. The molecule has 1 fully saturated rings. The molecule has 2 rings (SSSR count). The predicted molar refractivity (Wildman–Crippen MR) is 81.9 cm³/mol. The van der Waals surface area contributed by atoms with Crippen LogP contribution in [0.3, 0.4) is 0 Å². The van der Waals surface area contributed by atoms with E-state index in [-0.39, 0.29) is 6.04 Å². The molecule has 1 aromatic rings. The molecule has 2 atom stereocenters. The number of ether oxygens (including phenoxy) is 1. The monoisotopic (exact) mass is 279 g/mol. The molecule has 0 spiro atoms. The summed E-state index contributed by atoms with van der Waals surface area (Å²) in [6.07, 6.45) is 5.17. The molecule has 4 nitrogen and oxygen atoms in total. The lowest BCUT2D eigenvalue weighted by atomic mass is 10.00. The summed E-state index contributed by atoms with van der Waals surface area (Å²) in [5.74, 6) is 0.623. The largest absolute Gasteiger partial charge is 0.381 e. The molecular weight excluding hydrogens is 250 g/mol. The number of aromatic nitrogens is 2. The molecule has 2 unspecified atom stereocenters. The molecule has 20 heavy (non-hydrogen) atoms. The summed E-state index contributed by atoms with van der Waals surface area (Å²) in [5, 5.41) is 4.86. The van der Waals surface area contributed by atoms with Crippen molar-refractivity contribution in [2.75, 3.05) is 13.2 Å². The average Bonchev–Trinajstić information content (AvgIpc) is 3.07. The number of rotatable bonds is 7. The molecule has 0 bridgehead atoms. The SMILES string of the molecule is CCc1nn(CC2CCOC2)c(CC)c1CC(N)CC. The molecule has 1 saturated heterocycles. The number of hydrogen-bond acceptors (Lipinski definition) is 3. The number of aryl methyl sites for hydroxylation is 1. The van der Waals surface area contributed by atoms with Gasteiger partial charge in [0.2, 0.25) is 0 Å². The lowest BCUT2D eigenvalue weighted by Crippen LogP contribution is -2.22. The summed E-state index contributed by atoms with van der Waals surface area (Å²) in [4.78, 5) is 0. The van der Waals surface area contributed by atoms with Crippen LogP contribution in [0.1, 0.15) is 50.6 Å². The number of hydrogen-bond donors (Lipinski definition) is 1. The highest BCUT2D eigenvalue weighted by atomic mass is 16.5. The Morgan fingerprint density at radius 3 is 2.70 bits per heavy atom. The van der Waals surface area contributed by atoms with Gasteiger partial charge in [0, 0.05) is 30.8 Å². The van der Waals surface area contributed by atoms with Gasteiger partial charge in [-0.15, -0.1) is 0 Å². The van der Waals surface area contributed by atoms with E-state index in [2.05, 4.69) is 25.5 Å². The van der Waals surface area contributed by atoms with Gasteiger partial charge in [-0.05, 0) is 37.7 Å². The lowest BCUT2D eigenvalue weighted by Gasteiger charge is -2.13. The molecule has 4 heteroatoms. The summed E-state index contributed by atoms with van der Waals surface area (Å²) in [6.45, 7) is 9.35. The first kappa shape index (κ1) is 15.5. The van der Waals surface area contributed by atoms with Gasteiger partial charge in [0.05, 0.1) is 12.3 Å². The molecule has 114 valence electrons. The van der Waals surface area contributed by atoms with E-state index in [1.165, 1.54) is 17.0 Å². The predicted octanol–water partition coefficient (Wildman–Crippen LogP) is 2.32. The van der Waals surface area contributed by atoms with Crippen LogP contribution in [-0.2, 0) is 30.5 Å². The summed E-state index contributed by atoms with van der Waals surface area (Å²) < 4.78 is 7.72. The van der Waals surface area contributed by atoms with Crippen molar-refractivity contribution >= 4 is 0 Å². The van der Waals surface area contributed by atoms with Gasteiger partial charge in [-0.2, -0.15) is 5.10 Å². The van der Waals surface area contributed by atoms with E-state index >= 15 is 0 Å². The van der Waals surface area contributed by atoms with Crippen LogP contribution < -0.4 is 5.73 Å². The van der Waals surface area contributed by atoms with Crippen LogP contribution in [0.4, 0.5) is 0 Å². The average molecular weight is 279 g/mol. The van der Waals surface area contributed by atoms with Crippen molar-refractivity contribution in [2.45, 2.75) is 65.5 Å². The van der Waals surface area contributed by atoms with Gasteiger partial charge in [0.15, 0.2) is 0 Å². The van der Waals surface area contributed by atoms with Gasteiger partial charge < -0.3 is 10.5 Å². The second-order valence-corrected chi connectivity index (χ2v) is 5.86. The van der Waals surface area contributed by atoms with Crippen LogP contribution in [0, 0.1) is 5.92 Å². The van der Waals surface area contributed by atoms with Gasteiger partial charge in [0.1, 0.15) is 0 Å². The number of nitrogens with two attached hydrogens (primary N) is 1. The molecule has 0 saturated carbocycles. The van der Waals surface area contributed by atoms with E-state index in [0.29, 0.717) is 5.92 Å². The molecule has 2 N–H and O–H groups in total. The molecule has 1 aliphatic rings. The van der Waals surface area contributed by atoms with Crippen LogP contribution in [0.2, 0.25) is 0 Å². The van der Waals surface area contributed by atoms with Crippen molar-refractivity contribution in [2.24, 2.45) is 11.7 Å². The van der Waals surface area contributed by atoms with E-state index in [4.69, 9.17) is 15.6 Å². The van der Waals surface area contributed by atoms with Crippen LogP contribution in [0.5, 0.6) is 0 Å². The molecular formula is C16H29N3O. The van der Waals surface area contributed by atoms with Crippen molar-refractivity contribution in [3.05, 3.63) is 17.0 Å². The first-order valence-corrected chi connectivity index (χ1v) is 8.10. The zero-order chi connectivity index (χ0) is 14.5. The van der Waals surface area contributed by atoms with Crippen molar-refractivity contribution in [3.8, 4) is 0 Å². The zero-order valence-electron chi connectivity index (χ0n) is 13.2. The van der Waals surface area contributed by atoms with E-state index in [0.717, 1.165) is 51.9 Å². The summed E-state index contributed by atoms with van der Waals surface area (Å²) in [5.41, 5.74) is 10.2. The quantitative estimate of drug-likeness (QED) is 0.833. The Labute approximate surface area is 122 Å². The van der Waals surface area contributed by atoms with E-state index < -0.39 is 0 Å². The minimum Gasteiger partial charge on any atom is -0.381 e. The van der Waals surface area contributed by atoms with Gasteiger partial charge in [-0.25, -0.2) is 0 Å². The first-order valence-electron chi connectivity index (χ1n) is 8.10. The fraction of sp³-hybridized carbons (Fsp3) is 0.812. The van der Waals surface area contributed by atoms with Crippen molar-refractivity contribution in [1.29, 1.82) is 0 Å². The summed E-state index contributed by atoms with van der Waals surface area (Å²) >= 11 is 0. The standard InChI is InChI=1S/C16H29N3O/c1-4-13(17)9-14-15(5-2)18-19(16(14)6-3)10-12-7-8-20-11-12/h12-13H,4-11,17H2,1-3H3. The minimum atomic E-state index is 0.248. The van der Waals surface area contributed by atoms with Crippen LogP contribution in [-0.4, -0.2) is 29.0 Å². The molecule has 0 aliphatic carbocycles. The maximum absolute atomic E-state index is 6.17. The third-order valence-corrected chi connectivity index (χ3v) is 4.37. The maximum Gasteiger partial charge on any atom is 0.0657 e. The highest BCUT2D eigenvalue weighted by Gasteiger charge is 2.21. The second-order valence-electron chi connectivity index (χ2n) is 5.86. The second kappa shape index (κ2) is 7.23. The van der Waals surface area contributed by atoms with Crippen molar-refractivity contribution in [1.82, 2.24) is 9.78 Å². The molecule has 0 aromatic carbocycles. The summed E-state index contributed by atoms with van der Waals surface area (Å²) in [6, 6.07) is 0.248. The Hall–Kier alpha value is -0.870. The van der Waals surface area contributed by atoms with Gasteiger partial charge >= 0.3 is 0 Å². The smallest absolute Gasteiger partial charge is 0.0657 e. The van der Waals surface area contributed by atoms with E-state index in [1.54, 1.807) is 0 Å². The molecule has 2 heterocycles. The Morgan fingerprint density at radius 1 is 1.35 bits per heavy atom. The lowest BCUT2D eigenvalue weighted by molar-refractivity contribution is 0.181. The van der Waals surface area contributed by atoms with Gasteiger partial charge in [-0.3, -0.25) is 4.68 Å². The van der Waals surface area contributed by atoms with E-state index in [9.17, 15) is 0 Å². The third kappa shape index (κ3) is 3.41. The van der Waals surface area contributed by atoms with Gasteiger partial charge in [0.25, 0.3) is 0 Å². The van der Waals surface area contributed by atoms with Crippen molar-refractivity contribution < 1.29 is 4.74 Å². The van der Waals surface area contributed by atoms with E-state index in [1.807, 2.05) is 0 Å². The highest BCUT2D eigenvalue weighted by Crippen LogP contribution is 2.22. The Morgan fingerprint density at radius 2 is 2.15 bits per heavy atom. The number of nitrogens with zero attached hydrogens (tertiary/aromatic N) is 2. The Bertz CT molecular complexity index is 422. The third-order valence-electron chi connectivity index (χ3n) is 4.37. The highest BCUT2D eigenvalue weighted by molar-refractivity contribution is 5.28. The molecule has 0 radical (unpaired) electrons. The molecule has 1 aliphatic heterocycles. The Kier molecular flexibility index (Phi) is 5.61. The fourth-order valence-electron chi connectivity index (χ4n) is 3.03. The van der Waals surface area contributed by atoms with Crippen LogP contribution in [0.25, 0.3) is 0 Å². The maximum atomic E-state index is 6.17. The topological polar surface area (TPSA) is 53.1 Å². The minimum absolute atomic E-state index is 0.248. The zero-order valence-corrected chi connectivity index (χ0v) is 13.2. The van der Waals surface area contributed by atoms with Crippen LogP contribution >= 0.6 is 0 Å². The fourth-order valence-corrected chi connectivity index (χ4v) is 3.03. The molecule has 1 aromatic heterocycles. The Balaban J connectivity index is 2.22. The van der Waals surface area contributed by atoms with Crippen LogP contribution in [0.15, 0.2) is 0 Å². The first-order chi connectivity index (χ1) is 9.69. The van der Waals surface area contributed by atoms with Gasteiger partial charge in [-0.1, -0.05) is 20.8 Å². The summed E-state index contributed by atoms with van der Waals surface area (Å²) in [7, 11) is 0.